The summed E-state index contributed by atoms with van der Waals surface area (Å²) in [4.78, 5) is 2.57. The number of hydrogen-bond acceptors (Lipinski definition) is 3. The molecule has 0 radical (unpaired) electrons. The Kier molecular flexibility index (Phi) is 7.96. The van der Waals surface area contributed by atoms with Gasteiger partial charge in [-0.15, -0.1) is 0 Å². The van der Waals surface area contributed by atoms with E-state index in [1.54, 1.807) is 0 Å². The van der Waals surface area contributed by atoms with Gasteiger partial charge in [0, 0.05) is 19.1 Å². The number of rotatable bonds is 8. The largest absolute Gasteiger partial charge is 0.392 e. The molecule has 1 unspecified atom stereocenters. The Bertz CT molecular complexity index is 221. The Morgan fingerprint density at radius 2 is 1.74 bits per heavy atom. The molecule has 0 aromatic carbocycles. The molecule has 0 saturated carbocycles. The van der Waals surface area contributed by atoms with Crippen LogP contribution in [0.25, 0.3) is 0 Å². The zero-order valence-electron chi connectivity index (χ0n) is 13.4. The maximum Gasteiger partial charge on any atom is 0.0692 e. The molecule has 1 aliphatic rings. The molecule has 0 aromatic rings. The third-order valence-corrected chi connectivity index (χ3v) is 4.42. The standard InChI is InChI=1S/C16H34N2O/c1-5-14(6-2)16(19)11-17-15-7-9-18(10-8-15)12-13(3)4/h13-17,19H,5-12H2,1-4H3. The summed E-state index contributed by atoms with van der Waals surface area (Å²) in [7, 11) is 0. The lowest BCUT2D eigenvalue weighted by atomic mass is 9.96. The molecule has 3 nitrogen and oxygen atoms in total. The van der Waals surface area contributed by atoms with Crippen LogP contribution >= 0.6 is 0 Å². The van der Waals surface area contributed by atoms with Crippen molar-refractivity contribution < 1.29 is 5.11 Å². The van der Waals surface area contributed by atoms with Crippen LogP contribution in [0.3, 0.4) is 0 Å². The van der Waals surface area contributed by atoms with Gasteiger partial charge >= 0.3 is 0 Å². The van der Waals surface area contributed by atoms with E-state index in [1.165, 1.54) is 32.5 Å². The van der Waals surface area contributed by atoms with Crippen LogP contribution < -0.4 is 5.32 Å². The molecule has 1 fully saturated rings. The molecule has 0 aromatic heterocycles. The lowest BCUT2D eigenvalue weighted by molar-refractivity contribution is 0.0922. The van der Waals surface area contributed by atoms with Crippen molar-refractivity contribution in [3.8, 4) is 0 Å². The molecule has 0 amide bonds. The minimum atomic E-state index is -0.177. The molecule has 1 atom stereocenters. The Morgan fingerprint density at radius 3 is 2.21 bits per heavy atom. The first-order valence-corrected chi connectivity index (χ1v) is 8.20. The van der Waals surface area contributed by atoms with Crippen molar-refractivity contribution in [3.63, 3.8) is 0 Å². The van der Waals surface area contributed by atoms with Gasteiger partial charge in [0.2, 0.25) is 0 Å². The van der Waals surface area contributed by atoms with E-state index in [0.29, 0.717) is 12.0 Å². The summed E-state index contributed by atoms with van der Waals surface area (Å²) in [6.45, 7) is 13.3. The summed E-state index contributed by atoms with van der Waals surface area (Å²) in [5.41, 5.74) is 0. The monoisotopic (exact) mass is 270 g/mol. The predicted octanol–water partition coefficient (Wildman–Crippen LogP) is 2.49. The molecular weight excluding hydrogens is 236 g/mol. The SMILES string of the molecule is CCC(CC)C(O)CNC1CCN(CC(C)C)CC1. The number of nitrogens with zero attached hydrogens (tertiary/aromatic N) is 1. The smallest absolute Gasteiger partial charge is 0.0692 e. The van der Waals surface area contributed by atoms with Crippen LogP contribution in [0, 0.1) is 11.8 Å². The topological polar surface area (TPSA) is 35.5 Å². The van der Waals surface area contributed by atoms with Gasteiger partial charge in [-0.3, -0.25) is 0 Å². The fourth-order valence-corrected chi connectivity index (χ4v) is 3.12. The molecule has 19 heavy (non-hydrogen) atoms. The van der Waals surface area contributed by atoms with Gasteiger partial charge in [0.25, 0.3) is 0 Å². The fourth-order valence-electron chi connectivity index (χ4n) is 3.12. The fraction of sp³-hybridized carbons (Fsp3) is 1.00. The summed E-state index contributed by atoms with van der Waals surface area (Å²) in [6.07, 6.45) is 4.42. The highest BCUT2D eigenvalue weighted by Gasteiger charge is 2.21. The van der Waals surface area contributed by atoms with Crippen molar-refractivity contribution in [2.75, 3.05) is 26.2 Å². The maximum absolute atomic E-state index is 10.1. The second kappa shape index (κ2) is 8.93. The van der Waals surface area contributed by atoms with Crippen LogP contribution in [0.1, 0.15) is 53.4 Å². The number of aliphatic hydroxyl groups excluding tert-OH is 1. The predicted molar refractivity (Wildman–Crippen MR) is 82.4 cm³/mol. The van der Waals surface area contributed by atoms with E-state index in [9.17, 15) is 5.11 Å². The summed E-state index contributed by atoms with van der Waals surface area (Å²) in [6, 6.07) is 0.604. The highest BCUT2D eigenvalue weighted by atomic mass is 16.3. The molecule has 3 heteroatoms. The molecular formula is C16H34N2O. The molecule has 1 rings (SSSR count). The normalized spacial score (nSPS) is 20.4. The minimum absolute atomic E-state index is 0.177. The zero-order valence-corrected chi connectivity index (χ0v) is 13.4. The first kappa shape index (κ1) is 16.9. The van der Waals surface area contributed by atoms with Gasteiger partial charge in [-0.2, -0.15) is 0 Å². The van der Waals surface area contributed by atoms with E-state index >= 15 is 0 Å². The lowest BCUT2D eigenvalue weighted by Crippen LogP contribution is -2.46. The van der Waals surface area contributed by atoms with E-state index in [1.807, 2.05) is 0 Å². The Labute approximate surface area is 119 Å². The van der Waals surface area contributed by atoms with Crippen LogP contribution in [0.2, 0.25) is 0 Å². The third kappa shape index (κ3) is 6.24. The number of piperidine rings is 1. The molecule has 1 aliphatic heterocycles. The van der Waals surface area contributed by atoms with Crippen LogP contribution in [0.5, 0.6) is 0 Å². The molecule has 114 valence electrons. The Morgan fingerprint density at radius 1 is 1.16 bits per heavy atom. The van der Waals surface area contributed by atoms with Crippen LogP contribution in [-0.4, -0.2) is 48.3 Å². The number of hydrogen-bond donors (Lipinski definition) is 2. The Hall–Kier alpha value is -0.120. The van der Waals surface area contributed by atoms with Gasteiger partial charge in [0.05, 0.1) is 6.10 Å². The lowest BCUT2D eigenvalue weighted by Gasteiger charge is -2.34. The van der Waals surface area contributed by atoms with Crippen LogP contribution in [-0.2, 0) is 0 Å². The first-order valence-electron chi connectivity index (χ1n) is 8.20. The molecule has 0 spiro atoms. The minimum Gasteiger partial charge on any atom is -0.392 e. The van der Waals surface area contributed by atoms with E-state index in [4.69, 9.17) is 0 Å². The zero-order chi connectivity index (χ0) is 14.3. The van der Waals surface area contributed by atoms with Crippen molar-refractivity contribution in [2.45, 2.75) is 65.5 Å². The van der Waals surface area contributed by atoms with Gasteiger partial charge in [-0.1, -0.05) is 40.5 Å². The second-order valence-corrected chi connectivity index (χ2v) is 6.52. The van der Waals surface area contributed by atoms with Crippen molar-refractivity contribution in [3.05, 3.63) is 0 Å². The summed E-state index contributed by atoms with van der Waals surface area (Å²) in [5, 5.41) is 13.7. The van der Waals surface area contributed by atoms with Gasteiger partial charge in [-0.25, -0.2) is 0 Å². The van der Waals surface area contributed by atoms with Crippen molar-refractivity contribution in [2.24, 2.45) is 11.8 Å². The average Bonchev–Trinajstić information content (AvgIpc) is 2.38. The van der Waals surface area contributed by atoms with E-state index in [2.05, 4.69) is 37.9 Å². The van der Waals surface area contributed by atoms with Gasteiger partial charge in [0.15, 0.2) is 0 Å². The van der Waals surface area contributed by atoms with Crippen molar-refractivity contribution in [1.29, 1.82) is 0 Å². The number of likely N-dealkylation sites (tertiary alicyclic amines) is 1. The summed E-state index contributed by atoms with van der Waals surface area (Å²) < 4.78 is 0. The molecule has 0 bridgehead atoms. The van der Waals surface area contributed by atoms with Crippen LogP contribution in [0.4, 0.5) is 0 Å². The quantitative estimate of drug-likeness (QED) is 0.711. The molecule has 0 aliphatic carbocycles. The average molecular weight is 270 g/mol. The molecule has 2 N–H and O–H groups in total. The van der Waals surface area contributed by atoms with Crippen molar-refractivity contribution in [1.82, 2.24) is 10.2 Å². The number of aliphatic hydroxyl groups is 1. The highest BCUT2D eigenvalue weighted by molar-refractivity contribution is 4.79. The second-order valence-electron chi connectivity index (χ2n) is 6.52. The Balaban J connectivity index is 2.19. The van der Waals surface area contributed by atoms with E-state index < -0.39 is 0 Å². The van der Waals surface area contributed by atoms with E-state index in [0.717, 1.165) is 25.3 Å². The van der Waals surface area contributed by atoms with Gasteiger partial charge in [-0.05, 0) is 37.8 Å². The first-order chi connectivity index (χ1) is 9.06. The maximum atomic E-state index is 10.1. The summed E-state index contributed by atoms with van der Waals surface area (Å²) in [5.74, 6) is 1.22. The summed E-state index contributed by atoms with van der Waals surface area (Å²) >= 11 is 0. The molecule has 1 saturated heterocycles. The van der Waals surface area contributed by atoms with Gasteiger partial charge < -0.3 is 15.3 Å². The van der Waals surface area contributed by atoms with Gasteiger partial charge in [0.1, 0.15) is 0 Å². The van der Waals surface area contributed by atoms with Crippen molar-refractivity contribution >= 4 is 0 Å². The number of nitrogens with one attached hydrogen (secondary N) is 1. The van der Waals surface area contributed by atoms with Crippen LogP contribution in [0.15, 0.2) is 0 Å². The van der Waals surface area contributed by atoms with E-state index in [-0.39, 0.29) is 6.10 Å². The highest BCUT2D eigenvalue weighted by Crippen LogP contribution is 2.15. The molecule has 1 heterocycles. The third-order valence-electron chi connectivity index (χ3n) is 4.42.